The fourth-order valence-corrected chi connectivity index (χ4v) is 4.44. The van der Waals surface area contributed by atoms with Gasteiger partial charge in [-0.25, -0.2) is 5.01 Å². The van der Waals surface area contributed by atoms with E-state index in [9.17, 15) is 4.79 Å². The predicted molar refractivity (Wildman–Crippen MR) is 122 cm³/mol. The van der Waals surface area contributed by atoms with Crippen LogP contribution in [0.5, 0.6) is 5.75 Å². The summed E-state index contributed by atoms with van der Waals surface area (Å²) in [6.45, 7) is 0. The van der Waals surface area contributed by atoms with E-state index in [1.54, 1.807) is 29.3 Å². The maximum Gasteiger partial charge on any atom is 0.251 e. The molecule has 0 unspecified atom stereocenters. The predicted octanol–water partition coefficient (Wildman–Crippen LogP) is 6.51. The van der Waals surface area contributed by atoms with Crippen LogP contribution in [0.3, 0.4) is 0 Å². The van der Waals surface area contributed by atoms with Gasteiger partial charge in [-0.1, -0.05) is 51.3 Å². The van der Waals surface area contributed by atoms with Gasteiger partial charge in [0.25, 0.3) is 6.23 Å². The van der Waals surface area contributed by atoms with Crippen molar-refractivity contribution in [3.8, 4) is 5.75 Å². The van der Waals surface area contributed by atoms with E-state index in [1.807, 2.05) is 42.5 Å². The minimum absolute atomic E-state index is 0.0989. The zero-order valence-electron chi connectivity index (χ0n) is 15.6. The molecule has 0 bridgehead atoms. The molecule has 2 aliphatic heterocycles. The van der Waals surface area contributed by atoms with Gasteiger partial charge in [0.15, 0.2) is 0 Å². The number of benzene rings is 3. The molecule has 4 nitrogen and oxygen atoms in total. The van der Waals surface area contributed by atoms with Crippen LogP contribution in [-0.2, 0) is 0 Å². The molecule has 0 fully saturated rings. The van der Waals surface area contributed by atoms with Crippen LogP contribution in [0.4, 0.5) is 0 Å². The molecule has 7 heteroatoms. The number of nitrogens with zero attached hydrogens (tertiary/aromatic N) is 2. The van der Waals surface area contributed by atoms with E-state index in [4.69, 9.17) is 33.0 Å². The first kappa shape index (κ1) is 19.6. The van der Waals surface area contributed by atoms with E-state index in [-0.39, 0.29) is 11.8 Å². The van der Waals surface area contributed by atoms with Crippen LogP contribution in [0, 0.1) is 0 Å². The first-order valence-corrected chi connectivity index (χ1v) is 10.9. The Kier molecular flexibility index (Phi) is 5.05. The van der Waals surface area contributed by atoms with Crippen LogP contribution in [-0.4, -0.2) is 22.7 Å². The topological polar surface area (TPSA) is 41.9 Å². The second-order valence-corrected chi connectivity index (χ2v) is 8.97. The van der Waals surface area contributed by atoms with Crippen LogP contribution in [0.1, 0.15) is 33.9 Å². The second-order valence-electron chi connectivity index (χ2n) is 7.18. The van der Waals surface area contributed by atoms with Gasteiger partial charge in [-0.2, -0.15) is 5.10 Å². The fraction of sp³-hybridized carbons (Fsp3) is 0.130. The van der Waals surface area contributed by atoms with Gasteiger partial charge < -0.3 is 4.74 Å². The lowest BCUT2D eigenvalue weighted by Gasteiger charge is -2.37. The summed E-state index contributed by atoms with van der Waals surface area (Å²) < 4.78 is 7.10. The lowest BCUT2D eigenvalue weighted by Crippen LogP contribution is -2.45. The molecule has 0 aromatic heterocycles. The Morgan fingerprint density at radius 2 is 1.67 bits per heavy atom. The zero-order valence-corrected chi connectivity index (χ0v) is 18.7. The molecule has 5 rings (SSSR count). The summed E-state index contributed by atoms with van der Waals surface area (Å²) in [5.74, 6) is 0.533. The van der Waals surface area contributed by atoms with Crippen molar-refractivity contribution in [1.82, 2.24) is 5.01 Å². The molecule has 0 saturated heterocycles. The van der Waals surface area contributed by atoms with E-state index in [0.29, 0.717) is 27.8 Å². The number of ketones is 1. The summed E-state index contributed by atoms with van der Waals surface area (Å²) in [5.41, 5.74) is 3.39. The van der Waals surface area contributed by atoms with Crippen molar-refractivity contribution in [3.05, 3.63) is 97.9 Å². The van der Waals surface area contributed by atoms with Crippen molar-refractivity contribution in [2.45, 2.75) is 18.7 Å². The van der Waals surface area contributed by atoms with Gasteiger partial charge >= 0.3 is 0 Å². The molecule has 0 amide bonds. The van der Waals surface area contributed by atoms with Gasteiger partial charge in [-0.3, -0.25) is 4.79 Å². The molecule has 150 valence electrons. The van der Waals surface area contributed by atoms with E-state index in [0.717, 1.165) is 21.3 Å². The number of hydrogen-bond acceptors (Lipinski definition) is 4. The Balaban J connectivity index is 1.57. The lowest BCUT2D eigenvalue weighted by molar-refractivity contribution is -0.00459. The molecule has 2 aliphatic rings. The molecule has 2 atom stereocenters. The van der Waals surface area contributed by atoms with Gasteiger partial charge in [-0.15, -0.1) is 0 Å². The number of ether oxygens (including phenoxy) is 1. The zero-order chi connectivity index (χ0) is 20.8. The molecule has 2 heterocycles. The molecule has 3 aromatic carbocycles. The molecule has 0 radical (unpaired) electrons. The largest absolute Gasteiger partial charge is 0.461 e. The monoisotopic (exact) mass is 500 g/mol. The summed E-state index contributed by atoms with van der Waals surface area (Å²) in [5, 5.41) is 7.82. The third-order valence-electron chi connectivity index (χ3n) is 5.28. The molecular formula is C23H15BrCl2N2O2. The highest BCUT2D eigenvalue weighted by Gasteiger charge is 2.43. The number of carbonyl (C=O) groups excluding carboxylic acids is 1. The van der Waals surface area contributed by atoms with Gasteiger partial charge in [-0.05, 0) is 60.2 Å². The van der Waals surface area contributed by atoms with E-state index >= 15 is 0 Å². The van der Waals surface area contributed by atoms with Crippen molar-refractivity contribution in [2.75, 3.05) is 0 Å². The molecule has 0 saturated carbocycles. The highest BCUT2D eigenvalue weighted by molar-refractivity contribution is 9.10. The average molecular weight is 502 g/mol. The maximum absolute atomic E-state index is 13.3. The van der Waals surface area contributed by atoms with Crippen molar-refractivity contribution >= 4 is 50.6 Å². The summed E-state index contributed by atoms with van der Waals surface area (Å²) >= 11 is 15.6. The molecule has 3 aromatic rings. The van der Waals surface area contributed by atoms with Crippen LogP contribution < -0.4 is 4.74 Å². The standard InChI is InChI=1S/C23H15BrCl2N2O2/c24-15-5-10-21-18(11-15)20-12-19(13-1-6-16(25)7-2-13)27-28(20)23(30-21)22(29)14-3-8-17(26)9-4-14/h1-11,20,23H,12H2/t20-,23+/m1/s1. The Labute approximate surface area is 192 Å². The molecular weight excluding hydrogens is 487 g/mol. The Bertz CT molecular complexity index is 1160. The van der Waals surface area contributed by atoms with E-state index in [1.165, 1.54) is 0 Å². The number of fused-ring (bicyclic) bond motifs is 3. The van der Waals surface area contributed by atoms with Crippen molar-refractivity contribution in [2.24, 2.45) is 5.10 Å². The number of hydrogen-bond donors (Lipinski definition) is 0. The van der Waals surface area contributed by atoms with E-state index < -0.39 is 6.23 Å². The van der Waals surface area contributed by atoms with Crippen LogP contribution in [0.2, 0.25) is 10.0 Å². The number of carbonyl (C=O) groups is 1. The quantitative estimate of drug-likeness (QED) is 0.384. The molecule has 0 N–H and O–H groups in total. The van der Waals surface area contributed by atoms with Gasteiger partial charge in [0.2, 0.25) is 5.78 Å². The number of halogens is 3. The normalized spacial score (nSPS) is 19.6. The molecule has 0 spiro atoms. The third kappa shape index (κ3) is 3.51. The summed E-state index contributed by atoms with van der Waals surface area (Å²) in [7, 11) is 0. The maximum atomic E-state index is 13.3. The highest BCUT2D eigenvalue weighted by atomic mass is 79.9. The number of rotatable bonds is 3. The number of Topliss-reactive ketones (excluding diaryl/α,β-unsaturated/α-hetero) is 1. The summed E-state index contributed by atoms with van der Waals surface area (Å²) in [4.78, 5) is 13.3. The molecule has 30 heavy (non-hydrogen) atoms. The van der Waals surface area contributed by atoms with Gasteiger partial charge in [0.1, 0.15) is 5.75 Å². The Hall–Kier alpha value is -2.34. The van der Waals surface area contributed by atoms with Crippen LogP contribution in [0.15, 0.2) is 76.3 Å². The van der Waals surface area contributed by atoms with Gasteiger partial charge in [0.05, 0.1) is 11.8 Å². The van der Waals surface area contributed by atoms with Crippen molar-refractivity contribution in [1.29, 1.82) is 0 Å². The smallest absolute Gasteiger partial charge is 0.251 e. The first-order chi connectivity index (χ1) is 14.5. The van der Waals surface area contributed by atoms with Crippen LogP contribution >= 0.6 is 39.1 Å². The Morgan fingerprint density at radius 3 is 2.37 bits per heavy atom. The van der Waals surface area contributed by atoms with E-state index in [2.05, 4.69) is 15.9 Å². The minimum Gasteiger partial charge on any atom is -0.461 e. The lowest BCUT2D eigenvalue weighted by atomic mass is 9.96. The molecule has 0 aliphatic carbocycles. The number of hydrazone groups is 1. The van der Waals surface area contributed by atoms with Crippen LogP contribution in [0.25, 0.3) is 0 Å². The third-order valence-corrected chi connectivity index (χ3v) is 6.28. The Morgan fingerprint density at radius 1 is 1.00 bits per heavy atom. The van der Waals surface area contributed by atoms with Gasteiger partial charge in [0, 0.05) is 32.1 Å². The van der Waals surface area contributed by atoms with Crippen molar-refractivity contribution < 1.29 is 9.53 Å². The summed E-state index contributed by atoms with van der Waals surface area (Å²) in [6, 6.07) is 20.1. The average Bonchev–Trinajstić information content (AvgIpc) is 3.19. The van der Waals surface area contributed by atoms with Crippen molar-refractivity contribution in [3.63, 3.8) is 0 Å². The SMILES string of the molecule is O=C(c1ccc(Cl)cc1)[C@@H]1Oc2ccc(Br)cc2[C@H]2CC(c3ccc(Cl)cc3)=NN21. The second kappa shape index (κ2) is 7.73. The highest BCUT2D eigenvalue weighted by Crippen LogP contribution is 2.44. The minimum atomic E-state index is -0.852. The summed E-state index contributed by atoms with van der Waals surface area (Å²) in [6.07, 6.45) is -0.187. The fourth-order valence-electron chi connectivity index (χ4n) is 3.80. The first-order valence-electron chi connectivity index (χ1n) is 9.37.